The molecule has 0 bridgehead atoms. The van der Waals surface area contributed by atoms with Crippen molar-refractivity contribution in [2.75, 3.05) is 6.61 Å². The average molecular weight is 257 g/mol. The first-order valence-corrected chi connectivity index (χ1v) is 6.44. The summed E-state index contributed by atoms with van der Waals surface area (Å²) in [4.78, 5) is 0. The molecule has 2 atom stereocenters. The SMILES string of the molecule is CCOc1ccccc1C(O)C(N)c1ccccc1. The van der Waals surface area contributed by atoms with Crippen molar-refractivity contribution in [3.8, 4) is 5.75 Å². The second-order valence-electron chi connectivity index (χ2n) is 4.35. The molecule has 0 aliphatic heterocycles. The third kappa shape index (κ3) is 3.13. The molecule has 0 saturated heterocycles. The van der Waals surface area contributed by atoms with E-state index in [1.807, 2.05) is 61.5 Å². The van der Waals surface area contributed by atoms with E-state index >= 15 is 0 Å². The van der Waals surface area contributed by atoms with Crippen LogP contribution in [0.1, 0.15) is 30.2 Å². The first kappa shape index (κ1) is 13.6. The number of para-hydroxylation sites is 1. The zero-order chi connectivity index (χ0) is 13.7. The van der Waals surface area contributed by atoms with Crippen molar-refractivity contribution in [2.45, 2.75) is 19.1 Å². The normalized spacial score (nSPS) is 13.8. The molecule has 0 saturated carbocycles. The number of rotatable bonds is 5. The van der Waals surface area contributed by atoms with Gasteiger partial charge in [0, 0.05) is 5.56 Å². The van der Waals surface area contributed by atoms with Crippen LogP contribution in [0, 0.1) is 0 Å². The molecule has 0 aliphatic rings. The third-order valence-corrected chi connectivity index (χ3v) is 3.06. The highest BCUT2D eigenvalue weighted by atomic mass is 16.5. The summed E-state index contributed by atoms with van der Waals surface area (Å²) in [6.07, 6.45) is -0.787. The van der Waals surface area contributed by atoms with Gasteiger partial charge in [-0.1, -0.05) is 48.5 Å². The summed E-state index contributed by atoms with van der Waals surface area (Å²) in [6, 6.07) is 16.6. The van der Waals surface area contributed by atoms with E-state index in [0.717, 1.165) is 11.1 Å². The van der Waals surface area contributed by atoms with Gasteiger partial charge < -0.3 is 15.6 Å². The van der Waals surface area contributed by atoms with E-state index in [0.29, 0.717) is 12.4 Å². The molecular weight excluding hydrogens is 238 g/mol. The molecule has 0 amide bonds. The Morgan fingerprint density at radius 1 is 1.05 bits per heavy atom. The Bertz CT molecular complexity index is 513. The first-order chi connectivity index (χ1) is 9.24. The smallest absolute Gasteiger partial charge is 0.125 e. The van der Waals surface area contributed by atoms with E-state index in [1.54, 1.807) is 0 Å². The molecule has 100 valence electrons. The van der Waals surface area contributed by atoms with Crippen LogP contribution in [0.3, 0.4) is 0 Å². The molecule has 0 heterocycles. The van der Waals surface area contributed by atoms with E-state index < -0.39 is 12.1 Å². The van der Waals surface area contributed by atoms with Crippen molar-refractivity contribution in [3.63, 3.8) is 0 Å². The highest BCUT2D eigenvalue weighted by molar-refractivity contribution is 5.37. The van der Waals surface area contributed by atoms with Gasteiger partial charge in [-0.15, -0.1) is 0 Å². The third-order valence-electron chi connectivity index (χ3n) is 3.06. The summed E-state index contributed by atoms with van der Waals surface area (Å²) >= 11 is 0. The number of hydrogen-bond donors (Lipinski definition) is 2. The van der Waals surface area contributed by atoms with Gasteiger partial charge >= 0.3 is 0 Å². The lowest BCUT2D eigenvalue weighted by molar-refractivity contribution is 0.142. The Morgan fingerprint density at radius 3 is 2.37 bits per heavy atom. The molecule has 0 aliphatic carbocycles. The van der Waals surface area contributed by atoms with Crippen molar-refractivity contribution in [1.82, 2.24) is 0 Å². The van der Waals surface area contributed by atoms with E-state index in [-0.39, 0.29) is 0 Å². The van der Waals surface area contributed by atoms with Gasteiger partial charge in [-0.05, 0) is 18.6 Å². The molecule has 0 radical (unpaired) electrons. The maximum atomic E-state index is 10.4. The highest BCUT2D eigenvalue weighted by Gasteiger charge is 2.21. The van der Waals surface area contributed by atoms with E-state index in [4.69, 9.17) is 10.5 Å². The summed E-state index contributed by atoms with van der Waals surface area (Å²) < 4.78 is 5.53. The van der Waals surface area contributed by atoms with Crippen LogP contribution in [0.25, 0.3) is 0 Å². The molecule has 3 N–H and O–H groups in total. The van der Waals surface area contributed by atoms with Gasteiger partial charge in [0.1, 0.15) is 11.9 Å². The zero-order valence-electron chi connectivity index (χ0n) is 11.0. The van der Waals surface area contributed by atoms with Gasteiger partial charge in [-0.3, -0.25) is 0 Å². The summed E-state index contributed by atoms with van der Waals surface area (Å²) in [7, 11) is 0. The molecule has 19 heavy (non-hydrogen) atoms. The van der Waals surface area contributed by atoms with Crippen LogP contribution in [-0.4, -0.2) is 11.7 Å². The molecule has 0 aromatic heterocycles. The van der Waals surface area contributed by atoms with Crippen molar-refractivity contribution in [2.24, 2.45) is 5.73 Å². The summed E-state index contributed by atoms with van der Waals surface area (Å²) in [5.74, 6) is 0.684. The fraction of sp³-hybridized carbons (Fsp3) is 0.250. The fourth-order valence-electron chi connectivity index (χ4n) is 2.06. The lowest BCUT2D eigenvalue weighted by Crippen LogP contribution is -2.20. The summed E-state index contributed by atoms with van der Waals surface area (Å²) in [5.41, 5.74) is 7.76. The van der Waals surface area contributed by atoms with Crippen LogP contribution < -0.4 is 10.5 Å². The lowest BCUT2D eigenvalue weighted by Gasteiger charge is -2.21. The molecule has 0 fully saturated rings. The standard InChI is InChI=1S/C16H19NO2/c1-2-19-14-11-7-6-10-13(14)16(18)15(17)12-8-4-3-5-9-12/h3-11,15-16,18H,2,17H2,1H3. The maximum Gasteiger partial charge on any atom is 0.125 e. The number of aliphatic hydroxyl groups is 1. The average Bonchev–Trinajstić information content (AvgIpc) is 2.47. The summed E-state index contributed by atoms with van der Waals surface area (Å²) in [6.45, 7) is 2.48. The minimum atomic E-state index is -0.787. The van der Waals surface area contributed by atoms with Crippen molar-refractivity contribution in [3.05, 3.63) is 65.7 Å². The van der Waals surface area contributed by atoms with Crippen LogP contribution in [0.2, 0.25) is 0 Å². The van der Waals surface area contributed by atoms with Gasteiger partial charge in [-0.25, -0.2) is 0 Å². The number of benzene rings is 2. The molecule has 2 unspecified atom stereocenters. The van der Waals surface area contributed by atoms with E-state index in [1.165, 1.54) is 0 Å². The molecule has 2 rings (SSSR count). The van der Waals surface area contributed by atoms with Crippen LogP contribution in [0.4, 0.5) is 0 Å². The Labute approximate surface area is 113 Å². The topological polar surface area (TPSA) is 55.5 Å². The number of aliphatic hydroxyl groups excluding tert-OH is 1. The Kier molecular flexibility index (Phi) is 4.55. The van der Waals surface area contributed by atoms with Crippen molar-refractivity contribution < 1.29 is 9.84 Å². The Balaban J connectivity index is 2.26. The van der Waals surface area contributed by atoms with Crippen LogP contribution in [0.5, 0.6) is 5.75 Å². The predicted octanol–water partition coefficient (Wildman–Crippen LogP) is 2.82. The molecule has 3 nitrogen and oxygen atoms in total. The molecule has 2 aromatic rings. The Hall–Kier alpha value is -1.84. The van der Waals surface area contributed by atoms with E-state index in [9.17, 15) is 5.11 Å². The number of hydrogen-bond acceptors (Lipinski definition) is 3. The lowest BCUT2D eigenvalue weighted by atomic mass is 9.96. The highest BCUT2D eigenvalue weighted by Crippen LogP contribution is 2.32. The van der Waals surface area contributed by atoms with Gasteiger partial charge in [0.15, 0.2) is 0 Å². The molecule has 2 aromatic carbocycles. The quantitative estimate of drug-likeness (QED) is 0.866. The predicted molar refractivity (Wildman–Crippen MR) is 75.9 cm³/mol. The second kappa shape index (κ2) is 6.36. The fourth-order valence-corrected chi connectivity index (χ4v) is 2.06. The molecule has 0 spiro atoms. The van der Waals surface area contributed by atoms with Crippen LogP contribution in [0.15, 0.2) is 54.6 Å². The summed E-state index contributed by atoms with van der Waals surface area (Å²) in [5, 5.41) is 10.4. The minimum absolute atomic E-state index is 0.470. The zero-order valence-corrected chi connectivity index (χ0v) is 11.0. The van der Waals surface area contributed by atoms with E-state index in [2.05, 4.69) is 0 Å². The number of nitrogens with two attached hydrogens (primary N) is 1. The number of ether oxygens (including phenoxy) is 1. The Morgan fingerprint density at radius 2 is 1.68 bits per heavy atom. The van der Waals surface area contributed by atoms with Gasteiger partial charge in [0.25, 0.3) is 0 Å². The van der Waals surface area contributed by atoms with Crippen molar-refractivity contribution in [1.29, 1.82) is 0 Å². The van der Waals surface area contributed by atoms with Gasteiger partial charge in [0.05, 0.1) is 12.6 Å². The molecular formula is C16H19NO2. The van der Waals surface area contributed by atoms with Gasteiger partial charge in [-0.2, -0.15) is 0 Å². The molecule has 3 heteroatoms. The minimum Gasteiger partial charge on any atom is -0.493 e. The first-order valence-electron chi connectivity index (χ1n) is 6.44. The van der Waals surface area contributed by atoms with Crippen LogP contribution in [-0.2, 0) is 0 Å². The maximum absolute atomic E-state index is 10.4. The van der Waals surface area contributed by atoms with Gasteiger partial charge in [0.2, 0.25) is 0 Å². The van der Waals surface area contributed by atoms with Crippen molar-refractivity contribution >= 4 is 0 Å². The monoisotopic (exact) mass is 257 g/mol. The second-order valence-corrected chi connectivity index (χ2v) is 4.35. The largest absolute Gasteiger partial charge is 0.493 e. The van der Waals surface area contributed by atoms with Crippen LogP contribution >= 0.6 is 0 Å².